The summed E-state index contributed by atoms with van der Waals surface area (Å²) < 4.78 is 30.4. The first-order chi connectivity index (χ1) is 16.9. The lowest BCUT2D eigenvalue weighted by atomic mass is 9.91. The number of carbonyl (C=O) groups is 1. The van der Waals surface area contributed by atoms with Crippen molar-refractivity contribution in [2.45, 2.75) is 57.6 Å². The molecular formula is C25H29FN4O5. The Morgan fingerprint density at radius 2 is 2.03 bits per heavy atom. The van der Waals surface area contributed by atoms with Gasteiger partial charge in [0.1, 0.15) is 5.82 Å². The van der Waals surface area contributed by atoms with Crippen LogP contribution >= 0.6 is 0 Å². The monoisotopic (exact) mass is 484 g/mol. The highest BCUT2D eigenvalue weighted by atomic mass is 19.1. The lowest BCUT2D eigenvalue weighted by Crippen LogP contribution is -2.38. The molecular weight excluding hydrogens is 455 g/mol. The summed E-state index contributed by atoms with van der Waals surface area (Å²) in [5.41, 5.74) is 2.72. The van der Waals surface area contributed by atoms with E-state index >= 15 is 0 Å². The largest absolute Gasteiger partial charge is 0.508 e. The van der Waals surface area contributed by atoms with Gasteiger partial charge in [-0.25, -0.2) is 14.2 Å². The smallest absolute Gasteiger partial charge is 0.438 e. The van der Waals surface area contributed by atoms with Crippen LogP contribution in [0.3, 0.4) is 0 Å². The molecule has 0 N–H and O–H groups in total. The highest BCUT2D eigenvalue weighted by Crippen LogP contribution is 2.33. The average molecular weight is 485 g/mol. The van der Waals surface area contributed by atoms with Crippen molar-refractivity contribution in [1.82, 2.24) is 19.6 Å². The summed E-state index contributed by atoms with van der Waals surface area (Å²) in [6.45, 7) is 4.93. The fourth-order valence-electron chi connectivity index (χ4n) is 5.24. The Labute approximate surface area is 201 Å². The summed E-state index contributed by atoms with van der Waals surface area (Å²) in [7, 11) is 1.26. The Morgan fingerprint density at radius 3 is 2.80 bits per heavy atom. The molecule has 186 valence electrons. The number of nitrogens with zero attached hydrogens (tertiary/aromatic N) is 4. The van der Waals surface area contributed by atoms with Gasteiger partial charge in [0.2, 0.25) is 0 Å². The Balaban J connectivity index is 1.23. The van der Waals surface area contributed by atoms with E-state index in [1.807, 2.05) is 6.92 Å². The summed E-state index contributed by atoms with van der Waals surface area (Å²) in [4.78, 5) is 31.8. The van der Waals surface area contributed by atoms with Crippen molar-refractivity contribution < 1.29 is 23.2 Å². The van der Waals surface area contributed by atoms with Crippen LogP contribution in [0.25, 0.3) is 11.0 Å². The van der Waals surface area contributed by atoms with E-state index in [4.69, 9.17) is 9.26 Å². The summed E-state index contributed by atoms with van der Waals surface area (Å²) >= 11 is 0. The predicted molar refractivity (Wildman–Crippen MR) is 125 cm³/mol. The minimum atomic E-state index is -0.770. The molecule has 5 rings (SSSR count). The van der Waals surface area contributed by atoms with Crippen molar-refractivity contribution in [2.75, 3.05) is 26.7 Å². The second-order valence-electron chi connectivity index (χ2n) is 9.27. The lowest BCUT2D eigenvalue weighted by Gasteiger charge is -2.31. The van der Waals surface area contributed by atoms with E-state index < -0.39 is 12.3 Å². The second kappa shape index (κ2) is 9.77. The number of hydrogen-bond acceptors (Lipinski definition) is 8. The van der Waals surface area contributed by atoms with Crippen molar-refractivity contribution in [3.8, 4) is 0 Å². The minimum absolute atomic E-state index is 0.0538. The molecule has 2 aliphatic rings. The van der Waals surface area contributed by atoms with Gasteiger partial charge in [0.25, 0.3) is 5.56 Å². The first-order valence-electron chi connectivity index (χ1n) is 12.1. The molecule has 10 heteroatoms. The highest BCUT2D eigenvalue weighted by molar-refractivity contribution is 5.79. The Bertz CT molecular complexity index is 1290. The zero-order valence-electron chi connectivity index (χ0n) is 20.0. The maximum atomic E-state index is 13.5. The van der Waals surface area contributed by atoms with Crippen LogP contribution in [0.1, 0.15) is 60.5 Å². The molecule has 2 aromatic heterocycles. The molecule has 1 fully saturated rings. The molecule has 4 heterocycles. The van der Waals surface area contributed by atoms with E-state index in [1.165, 1.54) is 19.2 Å². The standard InChI is InChI=1S/C25H29FN4O5/c1-15-18(24(31)30-10-3-4-20(23(30)27-15)34-25(32)33-2)9-13-29-11-7-16(8-12-29)22-19-6-5-17(26)14-21(19)35-28-22/h5-6,14,16,20H,3-4,7-13H2,1-2H3. The molecule has 2 aliphatic heterocycles. The van der Waals surface area contributed by atoms with Crippen molar-refractivity contribution in [2.24, 2.45) is 0 Å². The van der Waals surface area contributed by atoms with Gasteiger partial charge in [-0.1, -0.05) is 5.16 Å². The van der Waals surface area contributed by atoms with Crippen molar-refractivity contribution >= 4 is 17.1 Å². The van der Waals surface area contributed by atoms with Crippen molar-refractivity contribution in [3.05, 3.63) is 57.1 Å². The summed E-state index contributed by atoms with van der Waals surface area (Å²) in [6, 6.07) is 4.55. The van der Waals surface area contributed by atoms with E-state index in [9.17, 15) is 14.0 Å². The van der Waals surface area contributed by atoms with Crippen LogP contribution < -0.4 is 5.56 Å². The van der Waals surface area contributed by atoms with Crippen LogP contribution in [-0.2, 0) is 22.4 Å². The van der Waals surface area contributed by atoms with Gasteiger partial charge in [0.15, 0.2) is 17.5 Å². The van der Waals surface area contributed by atoms with Crippen LogP contribution in [-0.4, -0.2) is 52.5 Å². The number of likely N-dealkylation sites (tertiary alicyclic amines) is 1. The van der Waals surface area contributed by atoms with Crippen LogP contribution in [0, 0.1) is 12.7 Å². The summed E-state index contributed by atoms with van der Waals surface area (Å²) in [5, 5.41) is 5.10. The first kappa shape index (κ1) is 23.5. The van der Waals surface area contributed by atoms with Gasteiger partial charge in [-0.05, 0) is 64.3 Å². The molecule has 1 saturated heterocycles. The normalized spacial score (nSPS) is 19.0. The van der Waals surface area contributed by atoms with Crippen LogP contribution in [0.4, 0.5) is 9.18 Å². The molecule has 0 radical (unpaired) electrons. The molecule has 0 bridgehead atoms. The average Bonchev–Trinajstić information content (AvgIpc) is 3.27. The Kier molecular flexibility index (Phi) is 6.55. The molecule has 0 amide bonds. The quantitative estimate of drug-likeness (QED) is 0.503. The first-order valence-corrected chi connectivity index (χ1v) is 12.1. The molecule has 1 atom stereocenters. The van der Waals surface area contributed by atoms with Crippen molar-refractivity contribution in [3.63, 3.8) is 0 Å². The van der Waals surface area contributed by atoms with Crippen LogP contribution in [0.2, 0.25) is 0 Å². The maximum absolute atomic E-state index is 13.5. The number of aromatic nitrogens is 3. The Morgan fingerprint density at radius 1 is 1.23 bits per heavy atom. The third kappa shape index (κ3) is 4.67. The SMILES string of the molecule is COC(=O)OC1CCCn2c1nc(C)c(CCN1CCC(c3noc4cc(F)ccc34)CC1)c2=O. The van der Waals surface area contributed by atoms with Gasteiger partial charge >= 0.3 is 6.16 Å². The number of rotatable bonds is 5. The van der Waals surface area contributed by atoms with Gasteiger partial charge in [-0.2, -0.15) is 0 Å². The molecule has 3 aromatic rings. The predicted octanol–water partition coefficient (Wildman–Crippen LogP) is 3.87. The van der Waals surface area contributed by atoms with Crippen molar-refractivity contribution in [1.29, 1.82) is 0 Å². The number of piperidine rings is 1. The second-order valence-corrected chi connectivity index (χ2v) is 9.27. The summed E-state index contributed by atoms with van der Waals surface area (Å²) in [5.74, 6) is 0.431. The third-order valence-electron chi connectivity index (χ3n) is 7.15. The van der Waals surface area contributed by atoms with Gasteiger partial charge < -0.3 is 18.9 Å². The molecule has 0 aliphatic carbocycles. The van der Waals surface area contributed by atoms with Gasteiger partial charge in [0.05, 0.1) is 12.8 Å². The van der Waals surface area contributed by atoms with Crippen LogP contribution in [0.15, 0.2) is 27.5 Å². The molecule has 1 aromatic carbocycles. The fourth-order valence-corrected chi connectivity index (χ4v) is 5.24. The number of halogens is 1. The molecule has 1 unspecified atom stereocenters. The van der Waals surface area contributed by atoms with E-state index in [1.54, 1.807) is 10.6 Å². The number of carbonyl (C=O) groups excluding carboxylic acids is 1. The van der Waals surface area contributed by atoms with E-state index in [2.05, 4.69) is 19.8 Å². The van der Waals surface area contributed by atoms with Gasteiger partial charge in [-0.3, -0.25) is 9.36 Å². The molecule has 9 nitrogen and oxygen atoms in total. The Hall–Kier alpha value is -3.27. The maximum Gasteiger partial charge on any atom is 0.508 e. The highest BCUT2D eigenvalue weighted by Gasteiger charge is 2.29. The summed E-state index contributed by atoms with van der Waals surface area (Å²) in [6.07, 6.45) is 2.46. The minimum Gasteiger partial charge on any atom is -0.438 e. The van der Waals surface area contributed by atoms with Gasteiger partial charge in [-0.15, -0.1) is 0 Å². The third-order valence-corrected chi connectivity index (χ3v) is 7.15. The fraction of sp³-hybridized carbons (Fsp3) is 0.520. The number of aryl methyl sites for hydroxylation is 1. The van der Waals surface area contributed by atoms with E-state index in [0.717, 1.165) is 50.0 Å². The van der Waals surface area contributed by atoms with Gasteiger partial charge in [0, 0.05) is 41.7 Å². The number of methoxy groups -OCH3 is 1. The topological polar surface area (TPSA) is 99.7 Å². The van der Waals surface area contributed by atoms with E-state index in [-0.39, 0.29) is 17.3 Å². The van der Waals surface area contributed by atoms with E-state index in [0.29, 0.717) is 42.1 Å². The lowest BCUT2D eigenvalue weighted by molar-refractivity contribution is 0.0215. The number of hydrogen-bond donors (Lipinski definition) is 0. The number of benzene rings is 1. The zero-order valence-corrected chi connectivity index (χ0v) is 20.0. The van der Waals surface area contributed by atoms with Crippen LogP contribution in [0.5, 0.6) is 0 Å². The zero-order chi connectivity index (χ0) is 24.5. The molecule has 35 heavy (non-hydrogen) atoms. The molecule has 0 saturated carbocycles. The number of fused-ring (bicyclic) bond motifs is 2. The molecule has 0 spiro atoms. The number of ether oxygens (including phenoxy) is 2.